The van der Waals surface area contributed by atoms with Crippen LogP contribution in [0.5, 0.6) is 0 Å². The highest BCUT2D eigenvalue weighted by Crippen LogP contribution is 2.28. The molecule has 1 aliphatic rings. The maximum absolute atomic E-state index is 13.6. The Morgan fingerprint density at radius 1 is 1.47 bits per heavy atom. The van der Waals surface area contributed by atoms with Crippen LogP contribution in [0.4, 0.5) is 4.39 Å². The zero-order valence-electron chi connectivity index (χ0n) is 10.4. The number of rotatable bonds is 3. The lowest BCUT2D eigenvalue weighted by Crippen LogP contribution is -2.25. The van der Waals surface area contributed by atoms with E-state index in [4.69, 9.17) is 11.6 Å². The summed E-state index contributed by atoms with van der Waals surface area (Å²) in [7, 11) is 0. The van der Waals surface area contributed by atoms with E-state index in [1.807, 2.05) is 6.20 Å². The molecule has 0 saturated heterocycles. The van der Waals surface area contributed by atoms with Crippen molar-refractivity contribution in [1.82, 2.24) is 15.5 Å². The molecular formula is C14H15ClFN3. The molecule has 3 nitrogen and oxygen atoms in total. The third-order valence-electron chi connectivity index (χ3n) is 3.59. The molecule has 0 unspecified atom stereocenters. The number of H-pyrrole nitrogens is 1. The maximum atomic E-state index is 13.6. The minimum absolute atomic E-state index is 0.213. The highest BCUT2D eigenvalue weighted by Gasteiger charge is 2.21. The molecular weight excluding hydrogens is 265 g/mol. The summed E-state index contributed by atoms with van der Waals surface area (Å²) in [6, 6.07) is 4.85. The molecule has 100 valence electrons. The largest absolute Gasteiger partial charge is 0.304 e. The molecule has 0 amide bonds. The van der Waals surface area contributed by atoms with Crippen molar-refractivity contribution < 1.29 is 4.39 Å². The zero-order chi connectivity index (χ0) is 13.2. The molecule has 5 heteroatoms. The van der Waals surface area contributed by atoms with Gasteiger partial charge >= 0.3 is 0 Å². The van der Waals surface area contributed by atoms with Crippen molar-refractivity contribution in [2.45, 2.75) is 31.8 Å². The summed E-state index contributed by atoms with van der Waals surface area (Å²) in [5.41, 5.74) is 2.99. The number of fused-ring (bicyclic) bond motifs is 1. The van der Waals surface area contributed by atoms with Gasteiger partial charge in [-0.3, -0.25) is 5.10 Å². The van der Waals surface area contributed by atoms with E-state index in [1.165, 1.54) is 11.6 Å². The second kappa shape index (κ2) is 5.31. The number of halogens is 2. The fraction of sp³-hybridized carbons (Fsp3) is 0.357. The molecule has 1 aromatic heterocycles. The van der Waals surface area contributed by atoms with Crippen LogP contribution in [0.1, 0.15) is 35.7 Å². The van der Waals surface area contributed by atoms with Crippen LogP contribution in [0.15, 0.2) is 24.4 Å². The van der Waals surface area contributed by atoms with E-state index in [0.717, 1.165) is 25.0 Å². The lowest BCUT2D eigenvalue weighted by molar-refractivity contribution is 0.444. The third kappa shape index (κ3) is 2.65. The second-order valence-corrected chi connectivity index (χ2v) is 5.31. The minimum Gasteiger partial charge on any atom is -0.304 e. The Bertz CT molecular complexity index is 582. The average molecular weight is 280 g/mol. The van der Waals surface area contributed by atoms with Gasteiger partial charge in [0.2, 0.25) is 0 Å². The number of hydrogen-bond donors (Lipinski definition) is 2. The van der Waals surface area contributed by atoms with Crippen LogP contribution in [-0.2, 0) is 13.0 Å². The summed E-state index contributed by atoms with van der Waals surface area (Å²) < 4.78 is 13.6. The Kier molecular flexibility index (Phi) is 3.53. The van der Waals surface area contributed by atoms with E-state index in [9.17, 15) is 4.39 Å². The topological polar surface area (TPSA) is 40.7 Å². The molecule has 3 rings (SSSR count). The highest BCUT2D eigenvalue weighted by atomic mass is 35.5. The molecule has 1 aromatic carbocycles. The summed E-state index contributed by atoms with van der Waals surface area (Å²) in [6.07, 6.45) is 5.11. The van der Waals surface area contributed by atoms with Crippen molar-refractivity contribution in [2.75, 3.05) is 0 Å². The third-order valence-corrected chi connectivity index (χ3v) is 3.82. The van der Waals surface area contributed by atoms with E-state index in [-0.39, 0.29) is 11.9 Å². The van der Waals surface area contributed by atoms with Crippen molar-refractivity contribution in [3.63, 3.8) is 0 Å². The van der Waals surface area contributed by atoms with Gasteiger partial charge in [-0.25, -0.2) is 4.39 Å². The standard InChI is InChI=1S/C14H15ClFN3/c15-11-4-5-12(16)10(6-11)7-17-13-3-1-2-9-8-18-19-14(9)13/h4-6,8,13,17H,1-3,7H2,(H,18,19)/t13-/m0/s1. The van der Waals surface area contributed by atoms with Crippen molar-refractivity contribution in [3.8, 4) is 0 Å². The summed E-state index contributed by atoms with van der Waals surface area (Å²) in [6.45, 7) is 0.468. The number of nitrogens with one attached hydrogen (secondary N) is 2. The molecule has 2 N–H and O–H groups in total. The van der Waals surface area contributed by atoms with E-state index in [1.54, 1.807) is 12.1 Å². The fourth-order valence-corrected chi connectivity index (χ4v) is 2.77. The van der Waals surface area contributed by atoms with E-state index in [0.29, 0.717) is 17.1 Å². The van der Waals surface area contributed by atoms with Crippen molar-refractivity contribution in [2.24, 2.45) is 0 Å². The van der Waals surface area contributed by atoms with Crippen LogP contribution in [-0.4, -0.2) is 10.2 Å². The lowest BCUT2D eigenvalue weighted by Gasteiger charge is -2.23. The molecule has 0 bridgehead atoms. The van der Waals surface area contributed by atoms with Crippen LogP contribution in [0, 0.1) is 5.82 Å². The Morgan fingerprint density at radius 2 is 2.37 bits per heavy atom. The molecule has 2 aromatic rings. The zero-order valence-corrected chi connectivity index (χ0v) is 11.2. The first kappa shape index (κ1) is 12.6. The molecule has 1 atom stereocenters. The van der Waals surface area contributed by atoms with Crippen LogP contribution in [0.25, 0.3) is 0 Å². The summed E-state index contributed by atoms with van der Waals surface area (Å²) in [4.78, 5) is 0. The summed E-state index contributed by atoms with van der Waals surface area (Å²) in [5, 5.41) is 11.1. The average Bonchev–Trinajstić information content (AvgIpc) is 2.88. The first-order valence-corrected chi connectivity index (χ1v) is 6.81. The maximum Gasteiger partial charge on any atom is 0.127 e. The SMILES string of the molecule is Fc1ccc(Cl)cc1CN[C@H]1CCCc2cn[nH]c21. The van der Waals surface area contributed by atoms with Gasteiger partial charge in [0.25, 0.3) is 0 Å². The van der Waals surface area contributed by atoms with E-state index in [2.05, 4.69) is 15.5 Å². The first-order chi connectivity index (χ1) is 9.24. The van der Waals surface area contributed by atoms with Gasteiger partial charge in [-0.15, -0.1) is 0 Å². The molecule has 1 aliphatic carbocycles. The lowest BCUT2D eigenvalue weighted by atomic mass is 9.93. The molecule has 0 saturated carbocycles. The normalized spacial score (nSPS) is 18.3. The van der Waals surface area contributed by atoms with Crippen molar-refractivity contribution in [1.29, 1.82) is 0 Å². The monoisotopic (exact) mass is 279 g/mol. The number of aromatic nitrogens is 2. The highest BCUT2D eigenvalue weighted by molar-refractivity contribution is 6.30. The van der Waals surface area contributed by atoms with Gasteiger partial charge in [-0.05, 0) is 43.0 Å². The number of aryl methyl sites for hydroxylation is 1. The van der Waals surface area contributed by atoms with Gasteiger partial charge in [-0.2, -0.15) is 5.10 Å². The second-order valence-electron chi connectivity index (χ2n) is 4.87. The van der Waals surface area contributed by atoms with Gasteiger partial charge in [0.15, 0.2) is 0 Å². The molecule has 0 fully saturated rings. The van der Waals surface area contributed by atoms with Crippen molar-refractivity contribution in [3.05, 3.63) is 52.1 Å². The number of hydrogen-bond acceptors (Lipinski definition) is 2. The van der Waals surface area contributed by atoms with Crippen LogP contribution in [0.2, 0.25) is 5.02 Å². The van der Waals surface area contributed by atoms with Gasteiger partial charge < -0.3 is 5.32 Å². The minimum atomic E-state index is -0.224. The molecule has 0 radical (unpaired) electrons. The smallest absolute Gasteiger partial charge is 0.127 e. The van der Waals surface area contributed by atoms with Crippen LogP contribution in [0.3, 0.4) is 0 Å². The Morgan fingerprint density at radius 3 is 3.26 bits per heavy atom. The van der Waals surface area contributed by atoms with Gasteiger partial charge in [-0.1, -0.05) is 11.6 Å². The Hall–Kier alpha value is -1.39. The van der Waals surface area contributed by atoms with Crippen LogP contribution < -0.4 is 5.32 Å². The Labute approximate surface area is 116 Å². The van der Waals surface area contributed by atoms with Gasteiger partial charge in [0.05, 0.1) is 11.9 Å². The summed E-state index contributed by atoms with van der Waals surface area (Å²) >= 11 is 5.89. The van der Waals surface area contributed by atoms with E-state index < -0.39 is 0 Å². The quantitative estimate of drug-likeness (QED) is 0.904. The molecule has 1 heterocycles. The number of aromatic amines is 1. The summed E-state index contributed by atoms with van der Waals surface area (Å²) in [5.74, 6) is -0.224. The van der Waals surface area contributed by atoms with Gasteiger partial charge in [0.1, 0.15) is 5.82 Å². The van der Waals surface area contributed by atoms with Crippen molar-refractivity contribution >= 4 is 11.6 Å². The molecule has 0 spiro atoms. The first-order valence-electron chi connectivity index (χ1n) is 6.43. The van der Waals surface area contributed by atoms with E-state index >= 15 is 0 Å². The fourth-order valence-electron chi connectivity index (χ4n) is 2.58. The van der Waals surface area contributed by atoms with Crippen LogP contribution >= 0.6 is 11.6 Å². The Balaban J connectivity index is 1.72. The predicted octanol–water partition coefficient (Wildman–Crippen LogP) is 3.37. The molecule has 0 aliphatic heterocycles. The molecule has 19 heavy (non-hydrogen) atoms. The number of benzene rings is 1. The number of nitrogens with zero attached hydrogens (tertiary/aromatic N) is 1. The van der Waals surface area contributed by atoms with Gasteiger partial charge in [0, 0.05) is 23.2 Å². The predicted molar refractivity (Wildman–Crippen MR) is 72.5 cm³/mol.